The number of thioether (sulfide) groups is 1. The predicted octanol–water partition coefficient (Wildman–Crippen LogP) is 5.18. The summed E-state index contributed by atoms with van der Waals surface area (Å²) in [4.78, 5) is 34.4. The highest BCUT2D eigenvalue weighted by Crippen LogP contribution is 2.24. The van der Waals surface area contributed by atoms with Crippen molar-refractivity contribution in [2.45, 2.75) is 44.5 Å². The molecule has 0 radical (unpaired) electrons. The summed E-state index contributed by atoms with van der Waals surface area (Å²) >= 11 is 1.41. The molecular formula is C27H28N6O3S. The van der Waals surface area contributed by atoms with E-state index in [0.29, 0.717) is 34.5 Å². The average molecular weight is 517 g/mol. The molecule has 2 aromatic heterocycles. The smallest absolute Gasteiger partial charge is 0.338 e. The molecule has 0 aliphatic carbocycles. The van der Waals surface area contributed by atoms with Crippen LogP contribution in [0.2, 0.25) is 0 Å². The van der Waals surface area contributed by atoms with E-state index in [9.17, 15) is 9.59 Å². The Balaban J connectivity index is 1.54. The number of anilines is 1. The summed E-state index contributed by atoms with van der Waals surface area (Å²) in [6.07, 6.45) is 1.77. The zero-order valence-corrected chi connectivity index (χ0v) is 21.8. The second-order valence-corrected chi connectivity index (χ2v) is 9.32. The average Bonchev–Trinajstić information content (AvgIpc) is 3.32. The zero-order valence-electron chi connectivity index (χ0n) is 21.0. The van der Waals surface area contributed by atoms with Crippen LogP contribution in [0.3, 0.4) is 0 Å². The third-order valence-corrected chi connectivity index (χ3v) is 6.25. The number of esters is 1. The van der Waals surface area contributed by atoms with Crippen molar-refractivity contribution in [3.63, 3.8) is 0 Å². The van der Waals surface area contributed by atoms with Crippen molar-refractivity contribution in [3.8, 4) is 5.69 Å². The van der Waals surface area contributed by atoms with Crippen LogP contribution in [0.4, 0.5) is 5.69 Å². The number of nitrogens with one attached hydrogen (secondary N) is 1. The Kier molecular flexibility index (Phi) is 8.63. The fourth-order valence-corrected chi connectivity index (χ4v) is 4.49. The molecule has 0 spiro atoms. The first-order valence-electron chi connectivity index (χ1n) is 12.0. The summed E-state index contributed by atoms with van der Waals surface area (Å²) in [6, 6.07) is 18.0. The first-order chi connectivity index (χ1) is 17.9. The van der Waals surface area contributed by atoms with E-state index < -0.39 is 5.91 Å². The molecule has 0 atom stereocenters. The van der Waals surface area contributed by atoms with Crippen molar-refractivity contribution in [1.29, 1.82) is 0 Å². The van der Waals surface area contributed by atoms with E-state index >= 15 is 0 Å². The molecule has 37 heavy (non-hydrogen) atoms. The van der Waals surface area contributed by atoms with Gasteiger partial charge >= 0.3 is 5.97 Å². The number of hydrogen-bond acceptors (Lipinski definition) is 8. The van der Waals surface area contributed by atoms with E-state index in [-0.39, 0.29) is 11.7 Å². The molecule has 0 aliphatic rings. The summed E-state index contributed by atoms with van der Waals surface area (Å²) < 4.78 is 6.89. The lowest BCUT2D eigenvalue weighted by molar-refractivity contribution is 0.0499. The van der Waals surface area contributed by atoms with Crippen LogP contribution >= 0.6 is 11.8 Å². The van der Waals surface area contributed by atoms with E-state index in [0.717, 1.165) is 29.9 Å². The van der Waals surface area contributed by atoms with Gasteiger partial charge in [0.05, 0.1) is 23.6 Å². The van der Waals surface area contributed by atoms with Gasteiger partial charge in [0.1, 0.15) is 0 Å². The van der Waals surface area contributed by atoms with Crippen LogP contribution in [-0.2, 0) is 10.5 Å². The van der Waals surface area contributed by atoms with Crippen molar-refractivity contribution in [1.82, 2.24) is 25.0 Å². The number of nitrogens with zero attached hydrogens (tertiary/aromatic N) is 5. The Morgan fingerprint density at radius 2 is 1.70 bits per heavy atom. The Hall–Kier alpha value is -4.05. The molecule has 1 amide bonds. The monoisotopic (exact) mass is 516 g/mol. The zero-order chi connectivity index (χ0) is 26.2. The van der Waals surface area contributed by atoms with Gasteiger partial charge in [0.25, 0.3) is 5.91 Å². The number of hydrogen-bond donors (Lipinski definition) is 1. The van der Waals surface area contributed by atoms with Crippen LogP contribution < -0.4 is 5.32 Å². The molecule has 0 fully saturated rings. The molecule has 2 aromatic carbocycles. The van der Waals surface area contributed by atoms with Crippen LogP contribution in [0, 0.1) is 13.8 Å². The highest BCUT2D eigenvalue weighted by Gasteiger charge is 2.22. The maximum Gasteiger partial charge on any atom is 0.338 e. The maximum atomic E-state index is 13.2. The molecule has 0 saturated heterocycles. The number of amides is 1. The second kappa shape index (κ2) is 12.3. The molecule has 4 aromatic rings. The molecule has 0 aliphatic heterocycles. The largest absolute Gasteiger partial charge is 0.462 e. The maximum absolute atomic E-state index is 13.2. The minimum atomic E-state index is -0.405. The Morgan fingerprint density at radius 1 is 1.00 bits per heavy atom. The number of rotatable bonds is 10. The first-order valence-corrected chi connectivity index (χ1v) is 13.0. The summed E-state index contributed by atoms with van der Waals surface area (Å²) in [6.45, 7) is 6.26. The van der Waals surface area contributed by atoms with Crippen LogP contribution in [0.15, 0.2) is 65.8 Å². The molecular weight excluding hydrogens is 488 g/mol. The lowest BCUT2D eigenvalue weighted by atomic mass is 10.2. The molecule has 0 unspecified atom stereocenters. The number of aryl methyl sites for hydroxylation is 2. The number of carbonyl (C=O) groups is 2. The first kappa shape index (κ1) is 26.0. The van der Waals surface area contributed by atoms with E-state index in [1.165, 1.54) is 11.8 Å². The summed E-state index contributed by atoms with van der Waals surface area (Å²) in [5, 5.41) is 11.9. The molecule has 10 heteroatoms. The highest BCUT2D eigenvalue weighted by molar-refractivity contribution is 7.98. The quantitative estimate of drug-likeness (QED) is 0.133. The van der Waals surface area contributed by atoms with Crippen molar-refractivity contribution in [3.05, 3.63) is 89.0 Å². The number of para-hydroxylation sites is 1. The van der Waals surface area contributed by atoms with Gasteiger partial charge in [0.15, 0.2) is 10.9 Å². The van der Waals surface area contributed by atoms with Crippen LogP contribution in [0.25, 0.3) is 5.69 Å². The third kappa shape index (κ3) is 6.79. The van der Waals surface area contributed by atoms with E-state index in [4.69, 9.17) is 4.74 Å². The SMILES string of the molecule is CCCCOC(=O)c1ccc(NC(=O)c2nnn(-c3ccccc3)c2CSc2nc(C)cc(C)n2)cc1. The summed E-state index contributed by atoms with van der Waals surface area (Å²) in [5.74, 6) is -0.404. The Morgan fingerprint density at radius 3 is 2.38 bits per heavy atom. The Labute approximate surface area is 219 Å². The number of ether oxygens (including phenoxy) is 1. The van der Waals surface area contributed by atoms with Crippen LogP contribution in [-0.4, -0.2) is 43.4 Å². The second-order valence-electron chi connectivity index (χ2n) is 8.37. The lowest BCUT2D eigenvalue weighted by Gasteiger charge is -2.09. The van der Waals surface area contributed by atoms with Gasteiger partial charge in [-0.3, -0.25) is 4.79 Å². The molecule has 1 N–H and O–H groups in total. The molecule has 0 bridgehead atoms. The highest BCUT2D eigenvalue weighted by atomic mass is 32.2. The van der Waals surface area contributed by atoms with Crippen molar-refractivity contribution in [2.75, 3.05) is 11.9 Å². The standard InChI is InChI=1S/C27H28N6O3S/c1-4-5-15-36-26(35)20-11-13-21(14-12-20)30-25(34)24-23(17-37-27-28-18(2)16-19(3)29-27)33(32-31-24)22-9-7-6-8-10-22/h6-14,16H,4-5,15,17H2,1-3H3,(H,30,34). The minimum absolute atomic E-state index is 0.198. The lowest BCUT2D eigenvalue weighted by Crippen LogP contribution is -2.15. The van der Waals surface area contributed by atoms with Gasteiger partial charge in [0.2, 0.25) is 0 Å². The number of unbranched alkanes of at least 4 members (excludes halogenated alkanes) is 1. The summed E-state index contributed by atoms with van der Waals surface area (Å²) in [5.41, 5.74) is 4.31. The predicted molar refractivity (Wildman–Crippen MR) is 142 cm³/mol. The Bertz CT molecular complexity index is 1350. The van der Waals surface area contributed by atoms with Gasteiger partial charge in [-0.15, -0.1) is 5.10 Å². The van der Waals surface area contributed by atoms with E-state index in [2.05, 4.69) is 25.6 Å². The number of aromatic nitrogens is 5. The fourth-order valence-electron chi connectivity index (χ4n) is 3.55. The van der Waals surface area contributed by atoms with Crippen molar-refractivity contribution in [2.24, 2.45) is 0 Å². The molecule has 190 valence electrons. The van der Waals surface area contributed by atoms with Gasteiger partial charge in [-0.1, -0.05) is 48.5 Å². The van der Waals surface area contributed by atoms with E-state index in [1.807, 2.05) is 57.2 Å². The molecule has 9 nitrogen and oxygen atoms in total. The van der Waals surface area contributed by atoms with Crippen LogP contribution in [0.1, 0.15) is 57.7 Å². The third-order valence-electron chi connectivity index (χ3n) is 5.39. The molecule has 2 heterocycles. The topological polar surface area (TPSA) is 112 Å². The fraction of sp³-hybridized carbons (Fsp3) is 0.259. The van der Waals surface area contributed by atoms with Gasteiger partial charge in [0, 0.05) is 22.8 Å². The van der Waals surface area contributed by atoms with Crippen LogP contribution in [0.5, 0.6) is 0 Å². The van der Waals surface area contributed by atoms with Gasteiger partial charge in [-0.2, -0.15) is 0 Å². The van der Waals surface area contributed by atoms with Gasteiger partial charge in [-0.25, -0.2) is 19.4 Å². The van der Waals surface area contributed by atoms with Gasteiger partial charge in [-0.05, 0) is 62.7 Å². The van der Waals surface area contributed by atoms with Gasteiger partial charge < -0.3 is 10.1 Å². The summed E-state index contributed by atoms with van der Waals surface area (Å²) in [7, 11) is 0. The molecule has 0 saturated carbocycles. The number of benzene rings is 2. The van der Waals surface area contributed by atoms with E-state index in [1.54, 1.807) is 28.9 Å². The van der Waals surface area contributed by atoms with Crippen molar-refractivity contribution < 1.29 is 14.3 Å². The number of carbonyl (C=O) groups excluding carboxylic acids is 2. The molecule has 4 rings (SSSR count). The minimum Gasteiger partial charge on any atom is -0.462 e. The van der Waals surface area contributed by atoms with Crippen molar-refractivity contribution >= 4 is 29.3 Å². The normalized spacial score (nSPS) is 10.8.